The van der Waals surface area contributed by atoms with Crippen LogP contribution in [0.4, 0.5) is 20.8 Å². The minimum absolute atomic E-state index is 0.0307. The summed E-state index contributed by atoms with van der Waals surface area (Å²) in [4.78, 5) is 18.5. The average molecular weight is 344 g/mol. The molecule has 4 rings (SSSR count). The number of amides is 2. The van der Waals surface area contributed by atoms with Crippen molar-refractivity contribution in [2.24, 2.45) is 0 Å². The molecule has 2 aliphatic heterocycles. The van der Waals surface area contributed by atoms with Crippen LogP contribution in [0.1, 0.15) is 25.1 Å². The zero-order chi connectivity index (χ0) is 17.2. The topological polar surface area (TPSA) is 75.1 Å². The van der Waals surface area contributed by atoms with Crippen LogP contribution in [-0.2, 0) is 13.0 Å². The van der Waals surface area contributed by atoms with Crippen LogP contribution in [0.15, 0.2) is 24.3 Å². The van der Waals surface area contributed by atoms with E-state index in [-0.39, 0.29) is 17.9 Å². The SMILES string of the molecule is O=C(Nc1nc2n(n1)CCCC2)NC1CCN(c2ccccc2F)C1. The molecule has 25 heavy (non-hydrogen) atoms. The Kier molecular flexibility index (Phi) is 4.25. The first-order valence-electron chi connectivity index (χ1n) is 8.70. The zero-order valence-corrected chi connectivity index (χ0v) is 13.9. The largest absolute Gasteiger partial charge is 0.367 e. The summed E-state index contributed by atoms with van der Waals surface area (Å²) in [6.07, 6.45) is 3.87. The Bertz CT molecular complexity index is 753. The van der Waals surface area contributed by atoms with E-state index in [1.807, 2.05) is 15.6 Å². The Balaban J connectivity index is 1.33. The number of aryl methyl sites for hydroxylation is 2. The number of halogens is 1. The lowest BCUT2D eigenvalue weighted by Crippen LogP contribution is -2.40. The van der Waals surface area contributed by atoms with Crippen molar-refractivity contribution in [2.75, 3.05) is 23.3 Å². The van der Waals surface area contributed by atoms with Crippen LogP contribution in [0.2, 0.25) is 0 Å². The number of anilines is 2. The molecule has 2 N–H and O–H groups in total. The first kappa shape index (κ1) is 15.9. The Morgan fingerprint density at radius 1 is 1.24 bits per heavy atom. The number of carbonyl (C=O) groups is 1. The summed E-state index contributed by atoms with van der Waals surface area (Å²) in [6, 6.07) is 6.36. The summed E-state index contributed by atoms with van der Waals surface area (Å²) in [5, 5.41) is 9.94. The Morgan fingerprint density at radius 3 is 2.96 bits per heavy atom. The van der Waals surface area contributed by atoms with Crippen LogP contribution in [0.5, 0.6) is 0 Å². The molecule has 0 aliphatic carbocycles. The summed E-state index contributed by atoms with van der Waals surface area (Å²) in [7, 11) is 0. The van der Waals surface area contributed by atoms with E-state index in [1.165, 1.54) is 6.07 Å². The lowest BCUT2D eigenvalue weighted by atomic mass is 10.2. The standard InChI is InChI=1S/C17H21FN6O/c18-13-5-1-2-6-14(13)23-10-8-12(11-23)19-17(25)21-16-20-15-7-3-4-9-24(15)22-16/h1-2,5-6,12H,3-4,7-11H2,(H2,19,21,22,25). The molecule has 0 bridgehead atoms. The summed E-state index contributed by atoms with van der Waals surface area (Å²) in [5.74, 6) is 1.03. The summed E-state index contributed by atoms with van der Waals surface area (Å²) < 4.78 is 15.7. The molecule has 1 aromatic carbocycles. The number of hydrogen-bond acceptors (Lipinski definition) is 4. The molecule has 0 spiro atoms. The van der Waals surface area contributed by atoms with Crippen molar-refractivity contribution in [3.8, 4) is 0 Å². The number of benzene rings is 1. The van der Waals surface area contributed by atoms with Gasteiger partial charge in [0.15, 0.2) is 0 Å². The second kappa shape index (κ2) is 6.70. The van der Waals surface area contributed by atoms with Gasteiger partial charge in [0.05, 0.1) is 5.69 Å². The highest BCUT2D eigenvalue weighted by Crippen LogP contribution is 2.23. The predicted octanol–water partition coefficient (Wildman–Crippen LogP) is 2.15. The highest BCUT2D eigenvalue weighted by Gasteiger charge is 2.26. The fraction of sp³-hybridized carbons (Fsp3) is 0.471. The van der Waals surface area contributed by atoms with E-state index < -0.39 is 0 Å². The Labute approximate surface area is 145 Å². The van der Waals surface area contributed by atoms with E-state index in [1.54, 1.807) is 12.1 Å². The molecule has 1 aromatic heterocycles. The van der Waals surface area contributed by atoms with Gasteiger partial charge in [0.2, 0.25) is 5.95 Å². The molecule has 7 nitrogen and oxygen atoms in total. The van der Waals surface area contributed by atoms with Crippen LogP contribution >= 0.6 is 0 Å². The number of fused-ring (bicyclic) bond motifs is 1. The maximum atomic E-state index is 13.9. The number of aromatic nitrogens is 3. The van der Waals surface area contributed by atoms with Gasteiger partial charge in [-0.05, 0) is 31.4 Å². The Morgan fingerprint density at radius 2 is 2.12 bits per heavy atom. The highest BCUT2D eigenvalue weighted by atomic mass is 19.1. The number of rotatable bonds is 3. The van der Waals surface area contributed by atoms with Crippen LogP contribution in [0.25, 0.3) is 0 Å². The number of para-hydroxylation sites is 1. The van der Waals surface area contributed by atoms with Gasteiger partial charge in [-0.1, -0.05) is 12.1 Å². The van der Waals surface area contributed by atoms with Crippen molar-refractivity contribution in [1.29, 1.82) is 0 Å². The van der Waals surface area contributed by atoms with Gasteiger partial charge in [-0.2, -0.15) is 4.98 Å². The number of carbonyl (C=O) groups excluding carboxylic acids is 1. The van der Waals surface area contributed by atoms with E-state index in [2.05, 4.69) is 20.7 Å². The molecule has 1 atom stereocenters. The molecule has 2 aromatic rings. The molecule has 3 heterocycles. The first-order valence-corrected chi connectivity index (χ1v) is 8.70. The third kappa shape index (κ3) is 3.42. The van der Waals surface area contributed by atoms with Gasteiger partial charge in [-0.3, -0.25) is 5.32 Å². The number of nitrogens with zero attached hydrogens (tertiary/aromatic N) is 4. The fourth-order valence-corrected chi connectivity index (χ4v) is 3.46. The predicted molar refractivity (Wildman–Crippen MR) is 92.1 cm³/mol. The van der Waals surface area contributed by atoms with Crippen molar-refractivity contribution in [1.82, 2.24) is 20.1 Å². The lowest BCUT2D eigenvalue weighted by molar-refractivity contribution is 0.249. The van der Waals surface area contributed by atoms with Gasteiger partial charge in [0.1, 0.15) is 11.6 Å². The van der Waals surface area contributed by atoms with Crippen LogP contribution in [0.3, 0.4) is 0 Å². The van der Waals surface area contributed by atoms with Crippen molar-refractivity contribution >= 4 is 17.7 Å². The maximum absolute atomic E-state index is 13.9. The minimum Gasteiger partial charge on any atom is -0.367 e. The van der Waals surface area contributed by atoms with Crippen molar-refractivity contribution in [3.05, 3.63) is 35.9 Å². The lowest BCUT2D eigenvalue weighted by Gasteiger charge is -2.19. The van der Waals surface area contributed by atoms with E-state index in [0.717, 1.165) is 38.1 Å². The second-order valence-corrected chi connectivity index (χ2v) is 6.51. The van der Waals surface area contributed by atoms with E-state index in [9.17, 15) is 9.18 Å². The second-order valence-electron chi connectivity index (χ2n) is 6.51. The van der Waals surface area contributed by atoms with E-state index in [0.29, 0.717) is 24.7 Å². The normalized spacial score (nSPS) is 19.6. The molecule has 8 heteroatoms. The molecule has 2 amide bonds. The third-order valence-electron chi connectivity index (χ3n) is 4.71. The van der Waals surface area contributed by atoms with Gasteiger partial charge in [0.25, 0.3) is 0 Å². The molecule has 0 radical (unpaired) electrons. The third-order valence-corrected chi connectivity index (χ3v) is 4.71. The van der Waals surface area contributed by atoms with Crippen molar-refractivity contribution < 1.29 is 9.18 Å². The highest BCUT2D eigenvalue weighted by molar-refractivity contribution is 5.87. The number of urea groups is 1. The van der Waals surface area contributed by atoms with Gasteiger partial charge in [-0.25, -0.2) is 13.9 Å². The minimum atomic E-state index is -0.316. The monoisotopic (exact) mass is 344 g/mol. The quantitative estimate of drug-likeness (QED) is 0.895. The van der Waals surface area contributed by atoms with Crippen LogP contribution in [0, 0.1) is 5.82 Å². The summed E-state index contributed by atoms with van der Waals surface area (Å²) in [5.41, 5.74) is 0.579. The summed E-state index contributed by atoms with van der Waals surface area (Å²) in [6.45, 7) is 2.15. The van der Waals surface area contributed by atoms with E-state index >= 15 is 0 Å². The number of hydrogen-bond donors (Lipinski definition) is 2. The Hall–Kier alpha value is -2.64. The first-order chi connectivity index (χ1) is 12.2. The molecule has 132 valence electrons. The smallest absolute Gasteiger partial charge is 0.321 e. The van der Waals surface area contributed by atoms with Crippen LogP contribution < -0.4 is 15.5 Å². The average Bonchev–Trinajstić information content (AvgIpc) is 3.21. The maximum Gasteiger partial charge on any atom is 0.321 e. The zero-order valence-electron chi connectivity index (χ0n) is 13.9. The molecule has 1 unspecified atom stereocenters. The van der Waals surface area contributed by atoms with Gasteiger partial charge in [0, 0.05) is 32.1 Å². The van der Waals surface area contributed by atoms with Gasteiger partial charge in [-0.15, -0.1) is 5.10 Å². The number of nitrogens with one attached hydrogen (secondary N) is 2. The molecule has 0 saturated carbocycles. The van der Waals surface area contributed by atoms with Gasteiger partial charge >= 0.3 is 6.03 Å². The van der Waals surface area contributed by atoms with Crippen LogP contribution in [-0.4, -0.2) is 39.9 Å². The van der Waals surface area contributed by atoms with Gasteiger partial charge < -0.3 is 10.2 Å². The molecular formula is C17H21FN6O. The fourth-order valence-electron chi connectivity index (χ4n) is 3.46. The molecular weight excluding hydrogens is 323 g/mol. The molecule has 1 saturated heterocycles. The van der Waals surface area contributed by atoms with Crippen molar-refractivity contribution in [3.63, 3.8) is 0 Å². The van der Waals surface area contributed by atoms with E-state index in [4.69, 9.17) is 0 Å². The van der Waals surface area contributed by atoms with Crippen molar-refractivity contribution in [2.45, 2.75) is 38.3 Å². The molecule has 1 fully saturated rings. The summed E-state index contributed by atoms with van der Waals surface area (Å²) >= 11 is 0. The molecule has 2 aliphatic rings.